The number of nitrogens with one attached hydrogen (secondary N) is 1. The molecule has 4 N–H and O–H groups in total. The topological polar surface area (TPSA) is 113 Å². The van der Waals surface area contributed by atoms with Crippen LogP contribution in [0.1, 0.15) is 84.5 Å². The number of aryl methyl sites for hydroxylation is 1. The maximum atomic E-state index is 13.5. The number of rotatable bonds is 6. The Bertz CT molecular complexity index is 1130. The maximum absolute atomic E-state index is 13.5. The number of primary amides is 1. The second kappa shape index (κ2) is 8.41. The van der Waals surface area contributed by atoms with Gasteiger partial charge in [-0.05, 0) is 83.4 Å². The minimum absolute atomic E-state index is 0.0646. The van der Waals surface area contributed by atoms with Crippen molar-refractivity contribution in [2.45, 2.75) is 83.4 Å². The van der Waals surface area contributed by atoms with Gasteiger partial charge < -0.3 is 21.1 Å². The molecule has 8 heteroatoms. The van der Waals surface area contributed by atoms with Gasteiger partial charge in [0.15, 0.2) is 0 Å². The molecule has 1 aromatic carbocycles. The summed E-state index contributed by atoms with van der Waals surface area (Å²) in [6, 6.07) is 5.65. The number of hydrogen-bond donors (Lipinski definition) is 3. The Morgan fingerprint density at radius 1 is 1.21 bits per heavy atom. The van der Waals surface area contributed by atoms with Crippen LogP contribution in [0.3, 0.4) is 0 Å². The third-order valence-electron chi connectivity index (χ3n) is 7.65. The van der Waals surface area contributed by atoms with Crippen LogP contribution in [0.15, 0.2) is 18.2 Å². The molecule has 2 saturated carbocycles. The Kier molecular flexibility index (Phi) is 5.67. The number of carbonyl (C=O) groups excluding carboxylic acids is 2. The van der Waals surface area contributed by atoms with Crippen molar-refractivity contribution in [3.05, 3.63) is 40.7 Å². The van der Waals surface area contributed by atoms with E-state index in [4.69, 9.17) is 10.8 Å². The summed E-state index contributed by atoms with van der Waals surface area (Å²) >= 11 is 0. The van der Waals surface area contributed by atoms with Crippen molar-refractivity contribution >= 4 is 17.5 Å². The number of anilines is 1. The lowest BCUT2D eigenvalue weighted by molar-refractivity contribution is 0.0487. The summed E-state index contributed by atoms with van der Waals surface area (Å²) in [7, 11) is 0. The van der Waals surface area contributed by atoms with Crippen LogP contribution in [0.5, 0.6) is 0 Å². The van der Waals surface area contributed by atoms with Crippen LogP contribution in [-0.4, -0.2) is 55.8 Å². The van der Waals surface area contributed by atoms with Gasteiger partial charge in [-0.15, -0.1) is 0 Å². The molecule has 0 saturated heterocycles. The molecule has 2 amide bonds. The molecule has 2 fully saturated rings. The lowest BCUT2D eigenvalue weighted by Gasteiger charge is -2.42. The number of fused-ring (bicyclic) bond motifs is 1. The molecule has 0 atom stereocenters. The summed E-state index contributed by atoms with van der Waals surface area (Å²) in [5, 5.41) is 18.1. The molecule has 1 aliphatic heterocycles. The fraction of sp³-hybridized carbons (Fsp3) is 0.577. The predicted molar refractivity (Wildman–Crippen MR) is 130 cm³/mol. The Labute approximate surface area is 200 Å². The van der Waals surface area contributed by atoms with Gasteiger partial charge in [-0.2, -0.15) is 5.10 Å². The Morgan fingerprint density at radius 3 is 2.56 bits per heavy atom. The largest absolute Gasteiger partial charge is 0.393 e. The van der Waals surface area contributed by atoms with E-state index in [-0.39, 0.29) is 23.6 Å². The predicted octanol–water partition coefficient (Wildman–Crippen LogP) is 3.18. The number of nitrogens with two attached hydrogens (primary N) is 1. The number of aromatic nitrogens is 2. The molecular weight excluding hydrogens is 430 g/mol. The number of amides is 2. The summed E-state index contributed by atoms with van der Waals surface area (Å²) < 4.78 is 1.86. The first-order valence-electron chi connectivity index (χ1n) is 12.4. The quantitative estimate of drug-likeness (QED) is 0.606. The second-order valence-electron chi connectivity index (χ2n) is 10.9. The molecule has 0 bridgehead atoms. The molecule has 0 unspecified atom stereocenters. The van der Waals surface area contributed by atoms with Crippen LogP contribution in [0.25, 0.3) is 5.69 Å². The lowest BCUT2D eigenvalue weighted by Crippen LogP contribution is -2.53. The lowest BCUT2D eigenvalue weighted by atomic mass is 9.87. The summed E-state index contributed by atoms with van der Waals surface area (Å²) in [5.41, 5.74) is 9.62. The van der Waals surface area contributed by atoms with Crippen LogP contribution in [0.2, 0.25) is 0 Å². The molecule has 3 aliphatic rings. The molecule has 1 aromatic heterocycles. The Balaban J connectivity index is 1.51. The highest BCUT2D eigenvalue weighted by atomic mass is 16.3. The third-order valence-corrected chi connectivity index (χ3v) is 7.65. The first-order valence-corrected chi connectivity index (χ1v) is 12.4. The van der Waals surface area contributed by atoms with Crippen LogP contribution in [0, 0.1) is 12.8 Å². The smallest absolute Gasteiger partial charge is 0.258 e. The summed E-state index contributed by atoms with van der Waals surface area (Å²) in [5.74, 6) is 0.196. The van der Waals surface area contributed by atoms with Crippen LogP contribution in [-0.2, 0) is 6.42 Å². The monoisotopic (exact) mass is 465 g/mol. The molecule has 34 heavy (non-hydrogen) atoms. The maximum Gasteiger partial charge on any atom is 0.258 e. The van der Waals surface area contributed by atoms with Gasteiger partial charge in [-0.25, -0.2) is 4.68 Å². The minimum Gasteiger partial charge on any atom is -0.393 e. The van der Waals surface area contributed by atoms with Gasteiger partial charge >= 0.3 is 0 Å². The number of hydrogen-bond acceptors (Lipinski definition) is 5. The number of carbonyl (C=O) groups is 2. The van der Waals surface area contributed by atoms with E-state index in [9.17, 15) is 14.7 Å². The average Bonchev–Trinajstić information content (AvgIpc) is 3.54. The summed E-state index contributed by atoms with van der Waals surface area (Å²) in [6.45, 7) is 6.96. The van der Waals surface area contributed by atoms with Gasteiger partial charge in [0, 0.05) is 30.2 Å². The zero-order valence-corrected chi connectivity index (χ0v) is 20.3. The molecule has 2 aliphatic carbocycles. The van der Waals surface area contributed by atoms with Gasteiger partial charge in [0.25, 0.3) is 11.8 Å². The molecule has 5 rings (SSSR count). The van der Waals surface area contributed by atoms with Crippen molar-refractivity contribution in [2.24, 2.45) is 11.7 Å². The van der Waals surface area contributed by atoms with Gasteiger partial charge in [0.1, 0.15) is 0 Å². The molecule has 182 valence electrons. The average molecular weight is 466 g/mol. The van der Waals surface area contributed by atoms with E-state index in [0.717, 1.165) is 49.3 Å². The second-order valence-corrected chi connectivity index (χ2v) is 10.9. The molecule has 8 nitrogen and oxygen atoms in total. The van der Waals surface area contributed by atoms with Gasteiger partial charge in [0.05, 0.1) is 34.3 Å². The molecule has 0 spiro atoms. The van der Waals surface area contributed by atoms with E-state index in [1.54, 1.807) is 6.07 Å². The van der Waals surface area contributed by atoms with Gasteiger partial charge in [0.2, 0.25) is 0 Å². The Morgan fingerprint density at radius 2 is 1.91 bits per heavy atom. The van der Waals surface area contributed by atoms with E-state index in [1.807, 2.05) is 28.6 Å². The van der Waals surface area contributed by atoms with E-state index >= 15 is 0 Å². The number of nitrogens with zero attached hydrogens (tertiary/aromatic N) is 3. The van der Waals surface area contributed by atoms with Crippen LogP contribution >= 0.6 is 0 Å². The van der Waals surface area contributed by atoms with Crippen LogP contribution < -0.4 is 11.1 Å². The van der Waals surface area contributed by atoms with Crippen molar-refractivity contribution in [2.75, 3.05) is 11.9 Å². The SMILES string of the molecule is Cc1nn(-c2ccc(C(N)=O)c(NC3CCC(O)CC3)c2)c2c1C(=O)N(CC1CC1)C(C)(C)C2. The molecular formula is C26H35N5O3. The van der Waals surface area contributed by atoms with Crippen molar-refractivity contribution in [3.63, 3.8) is 0 Å². The molecule has 2 aromatic rings. The fourth-order valence-corrected chi connectivity index (χ4v) is 5.47. The third kappa shape index (κ3) is 4.19. The zero-order valence-electron chi connectivity index (χ0n) is 20.3. The standard InChI is InChI=1S/C26H35N5O3/c1-15-23-22(13-26(2,3)30(25(23)34)14-16-4-5-16)31(29-15)18-8-11-20(24(27)33)21(12-18)28-17-6-9-19(32)10-7-17/h8,11-12,16-17,19,28,32H,4-7,9-10,13-14H2,1-3H3,(H2,27,33). The fourth-order valence-electron chi connectivity index (χ4n) is 5.47. The van der Waals surface area contributed by atoms with Crippen molar-refractivity contribution in [3.8, 4) is 5.69 Å². The number of aliphatic hydroxyl groups excluding tert-OH is 1. The van der Waals surface area contributed by atoms with E-state index in [1.165, 1.54) is 12.8 Å². The number of aliphatic hydroxyl groups is 1. The van der Waals surface area contributed by atoms with E-state index in [0.29, 0.717) is 29.2 Å². The first-order chi connectivity index (χ1) is 16.1. The molecule has 2 heterocycles. The summed E-state index contributed by atoms with van der Waals surface area (Å²) in [6.07, 6.45) is 6.01. The van der Waals surface area contributed by atoms with Gasteiger partial charge in [-0.3, -0.25) is 9.59 Å². The first kappa shape index (κ1) is 22.9. The van der Waals surface area contributed by atoms with E-state index < -0.39 is 5.91 Å². The highest BCUT2D eigenvalue weighted by Gasteiger charge is 2.43. The highest BCUT2D eigenvalue weighted by molar-refractivity contribution is 5.99. The number of benzene rings is 1. The Hall–Kier alpha value is -2.87. The van der Waals surface area contributed by atoms with Crippen molar-refractivity contribution < 1.29 is 14.7 Å². The zero-order chi connectivity index (χ0) is 24.2. The van der Waals surface area contributed by atoms with Crippen LogP contribution in [0.4, 0.5) is 5.69 Å². The van der Waals surface area contributed by atoms with Gasteiger partial charge in [-0.1, -0.05) is 0 Å². The van der Waals surface area contributed by atoms with Crippen molar-refractivity contribution in [1.29, 1.82) is 0 Å². The highest BCUT2D eigenvalue weighted by Crippen LogP contribution is 2.38. The summed E-state index contributed by atoms with van der Waals surface area (Å²) in [4.78, 5) is 27.7. The normalized spacial score (nSPS) is 24.1. The minimum atomic E-state index is -0.490. The molecule has 0 radical (unpaired) electrons. The van der Waals surface area contributed by atoms with E-state index in [2.05, 4.69) is 19.2 Å². The van der Waals surface area contributed by atoms with Crippen molar-refractivity contribution in [1.82, 2.24) is 14.7 Å².